The van der Waals surface area contributed by atoms with Gasteiger partial charge in [-0.3, -0.25) is 0 Å². The number of ether oxygens (including phenoxy) is 1. The first-order valence-electron chi connectivity index (χ1n) is 9.92. The molecule has 0 amide bonds. The predicted molar refractivity (Wildman–Crippen MR) is 125 cm³/mol. The van der Waals surface area contributed by atoms with Crippen molar-refractivity contribution in [3.8, 4) is 5.69 Å². The highest BCUT2D eigenvalue weighted by Gasteiger charge is 2.15. The molecule has 7 heteroatoms. The highest BCUT2D eigenvalue weighted by Crippen LogP contribution is 2.18. The van der Waals surface area contributed by atoms with Gasteiger partial charge in [-0.1, -0.05) is 18.2 Å². The van der Waals surface area contributed by atoms with Crippen molar-refractivity contribution in [1.82, 2.24) is 20.4 Å². The molecule has 1 aromatic carbocycles. The number of rotatable bonds is 7. The number of benzene rings is 1. The Labute approximate surface area is 185 Å². The van der Waals surface area contributed by atoms with Crippen LogP contribution in [0.3, 0.4) is 0 Å². The van der Waals surface area contributed by atoms with Gasteiger partial charge in [0.1, 0.15) is 0 Å². The first-order valence-corrected chi connectivity index (χ1v) is 9.92. The summed E-state index contributed by atoms with van der Waals surface area (Å²) in [6.45, 7) is 9.40. The van der Waals surface area contributed by atoms with Crippen molar-refractivity contribution in [3.63, 3.8) is 0 Å². The van der Waals surface area contributed by atoms with E-state index in [2.05, 4.69) is 53.8 Å². The third-order valence-corrected chi connectivity index (χ3v) is 4.76. The molecule has 154 valence electrons. The Balaban J connectivity index is 0.00000280. The average Bonchev–Trinajstić information content (AvgIpc) is 3.29. The Morgan fingerprint density at radius 3 is 2.79 bits per heavy atom. The third kappa shape index (κ3) is 6.20. The minimum atomic E-state index is 0. The summed E-state index contributed by atoms with van der Waals surface area (Å²) in [5, 5.41) is 11.4. The Hall–Kier alpha value is -1.61. The van der Waals surface area contributed by atoms with Crippen molar-refractivity contribution in [3.05, 3.63) is 47.3 Å². The number of nitrogens with one attached hydrogen (secondary N) is 2. The van der Waals surface area contributed by atoms with Crippen LogP contribution >= 0.6 is 24.0 Å². The first-order chi connectivity index (χ1) is 13.2. The zero-order chi connectivity index (χ0) is 19.1. The molecule has 3 rings (SSSR count). The maximum absolute atomic E-state index is 5.69. The normalized spacial score (nSPS) is 16.7. The lowest BCUT2D eigenvalue weighted by Crippen LogP contribution is -2.38. The third-order valence-electron chi connectivity index (χ3n) is 4.76. The van der Waals surface area contributed by atoms with Gasteiger partial charge in [-0.25, -0.2) is 9.67 Å². The summed E-state index contributed by atoms with van der Waals surface area (Å²) in [4.78, 5) is 4.78. The van der Waals surface area contributed by atoms with Gasteiger partial charge in [0.25, 0.3) is 0 Å². The fourth-order valence-electron chi connectivity index (χ4n) is 3.45. The van der Waals surface area contributed by atoms with Gasteiger partial charge in [-0.15, -0.1) is 24.0 Å². The number of aryl methyl sites for hydroxylation is 2. The quantitative estimate of drug-likeness (QED) is 0.348. The number of aromatic nitrogens is 2. The van der Waals surface area contributed by atoms with Crippen LogP contribution in [-0.4, -0.2) is 41.5 Å². The zero-order valence-corrected chi connectivity index (χ0v) is 19.4. The van der Waals surface area contributed by atoms with Gasteiger partial charge < -0.3 is 15.4 Å². The molecule has 28 heavy (non-hydrogen) atoms. The van der Waals surface area contributed by atoms with Gasteiger partial charge >= 0.3 is 0 Å². The summed E-state index contributed by atoms with van der Waals surface area (Å²) in [6.07, 6.45) is 3.77. The van der Waals surface area contributed by atoms with Crippen LogP contribution in [0.4, 0.5) is 0 Å². The molecule has 2 heterocycles. The van der Waals surface area contributed by atoms with Gasteiger partial charge in [0, 0.05) is 25.4 Å². The fourth-order valence-corrected chi connectivity index (χ4v) is 3.45. The maximum Gasteiger partial charge on any atom is 0.191 e. The van der Waals surface area contributed by atoms with E-state index >= 15 is 0 Å². The van der Waals surface area contributed by atoms with Gasteiger partial charge in [-0.05, 0) is 57.7 Å². The van der Waals surface area contributed by atoms with E-state index in [9.17, 15) is 0 Å². The largest absolute Gasteiger partial charge is 0.378 e. The van der Waals surface area contributed by atoms with Gasteiger partial charge in [-0.2, -0.15) is 5.10 Å². The van der Waals surface area contributed by atoms with Crippen molar-refractivity contribution in [1.29, 1.82) is 0 Å². The topological polar surface area (TPSA) is 63.5 Å². The minimum Gasteiger partial charge on any atom is -0.378 e. The molecule has 1 unspecified atom stereocenters. The molecule has 1 fully saturated rings. The molecule has 2 N–H and O–H groups in total. The number of aliphatic imine (C=N–C) groups is 1. The molecule has 1 aromatic heterocycles. The van der Waals surface area contributed by atoms with Crippen LogP contribution in [0.5, 0.6) is 0 Å². The van der Waals surface area contributed by atoms with Crippen molar-refractivity contribution in [2.75, 3.05) is 19.7 Å². The van der Waals surface area contributed by atoms with E-state index in [1.54, 1.807) is 0 Å². The molecule has 0 radical (unpaired) electrons. The number of hydrogen-bond acceptors (Lipinski definition) is 3. The van der Waals surface area contributed by atoms with E-state index in [1.165, 1.54) is 12.8 Å². The number of hydrogen-bond donors (Lipinski definition) is 2. The molecule has 0 saturated carbocycles. The monoisotopic (exact) mass is 497 g/mol. The summed E-state index contributed by atoms with van der Waals surface area (Å²) in [6, 6.07) is 10.4. The van der Waals surface area contributed by atoms with Crippen molar-refractivity contribution in [2.45, 2.75) is 52.7 Å². The summed E-state index contributed by atoms with van der Waals surface area (Å²) < 4.78 is 7.69. The lowest BCUT2D eigenvalue weighted by Gasteiger charge is -2.14. The molecule has 1 atom stereocenters. The lowest BCUT2D eigenvalue weighted by molar-refractivity contribution is 0.105. The smallest absolute Gasteiger partial charge is 0.191 e. The molecular formula is C21H32IN5O. The summed E-state index contributed by atoms with van der Waals surface area (Å²) in [5.41, 5.74) is 4.39. The van der Waals surface area contributed by atoms with Crippen molar-refractivity contribution in [2.24, 2.45) is 4.99 Å². The molecule has 0 aliphatic carbocycles. The van der Waals surface area contributed by atoms with Gasteiger partial charge in [0.15, 0.2) is 5.96 Å². The molecule has 0 spiro atoms. The molecule has 1 saturated heterocycles. The molecular weight excluding hydrogens is 465 g/mol. The van der Waals surface area contributed by atoms with Crippen LogP contribution in [0.15, 0.2) is 35.3 Å². The van der Waals surface area contributed by atoms with Gasteiger partial charge in [0.05, 0.1) is 24.0 Å². The number of para-hydroxylation sites is 1. The second-order valence-electron chi connectivity index (χ2n) is 7.01. The number of nitrogens with zero attached hydrogens (tertiary/aromatic N) is 3. The van der Waals surface area contributed by atoms with Gasteiger partial charge in [0.2, 0.25) is 0 Å². The Morgan fingerprint density at radius 2 is 2.11 bits per heavy atom. The van der Waals surface area contributed by atoms with Crippen molar-refractivity contribution < 1.29 is 4.74 Å². The average molecular weight is 497 g/mol. The molecule has 1 aliphatic heterocycles. The van der Waals surface area contributed by atoms with E-state index in [-0.39, 0.29) is 24.0 Å². The Kier molecular flexibility index (Phi) is 9.24. The van der Waals surface area contributed by atoms with Crippen LogP contribution in [0.1, 0.15) is 43.1 Å². The van der Waals surface area contributed by atoms with E-state index in [0.29, 0.717) is 12.6 Å². The first kappa shape index (κ1) is 22.7. The summed E-state index contributed by atoms with van der Waals surface area (Å²) in [7, 11) is 0. The summed E-state index contributed by atoms with van der Waals surface area (Å²) >= 11 is 0. The zero-order valence-electron chi connectivity index (χ0n) is 17.1. The fraction of sp³-hybridized carbons (Fsp3) is 0.524. The van der Waals surface area contributed by atoms with E-state index in [0.717, 1.165) is 54.7 Å². The van der Waals surface area contributed by atoms with Crippen LogP contribution in [-0.2, 0) is 11.3 Å². The molecule has 2 aromatic rings. The summed E-state index contributed by atoms with van der Waals surface area (Å²) in [5.74, 6) is 0.846. The van der Waals surface area contributed by atoms with Crippen molar-refractivity contribution >= 4 is 29.9 Å². The van der Waals surface area contributed by atoms with E-state index in [1.807, 2.05) is 17.7 Å². The van der Waals surface area contributed by atoms with E-state index in [4.69, 9.17) is 9.73 Å². The number of halogens is 1. The highest BCUT2D eigenvalue weighted by molar-refractivity contribution is 14.0. The maximum atomic E-state index is 5.69. The molecule has 1 aliphatic rings. The highest BCUT2D eigenvalue weighted by atomic mass is 127. The predicted octanol–water partition coefficient (Wildman–Crippen LogP) is 3.73. The Morgan fingerprint density at radius 1 is 1.29 bits per heavy atom. The van der Waals surface area contributed by atoms with E-state index < -0.39 is 0 Å². The molecule has 6 nitrogen and oxygen atoms in total. The van der Waals surface area contributed by atoms with Crippen LogP contribution in [0.2, 0.25) is 0 Å². The van der Waals surface area contributed by atoms with Crippen LogP contribution < -0.4 is 10.6 Å². The second kappa shape index (κ2) is 11.4. The second-order valence-corrected chi connectivity index (χ2v) is 7.01. The Bertz CT molecular complexity index is 768. The standard InChI is InChI=1S/C21H31N5O.HI/c1-4-22-21(23-12-11-19-9-7-13-27-19)24-15-18-8-5-6-10-20(18)26-17(3)14-16(2)25-26;/h5-6,8,10,14,19H,4,7,9,11-13,15H2,1-3H3,(H2,22,23,24);1H. The lowest BCUT2D eigenvalue weighted by atomic mass is 10.2. The molecule has 0 bridgehead atoms. The SMILES string of the molecule is CCNC(=NCc1ccccc1-n1nc(C)cc1C)NCCC1CCCO1.I. The number of guanidine groups is 1. The minimum absolute atomic E-state index is 0. The van der Waals surface area contributed by atoms with Crippen LogP contribution in [0, 0.1) is 13.8 Å². The van der Waals surface area contributed by atoms with Crippen LogP contribution in [0.25, 0.3) is 5.69 Å².